The zero-order valence-electron chi connectivity index (χ0n) is 11.9. The van der Waals surface area contributed by atoms with E-state index in [-0.39, 0.29) is 11.5 Å². The van der Waals surface area contributed by atoms with E-state index in [1.165, 1.54) is 18.1 Å². The Morgan fingerprint density at radius 1 is 1.24 bits per heavy atom. The van der Waals surface area contributed by atoms with Gasteiger partial charge in [0, 0.05) is 19.0 Å². The predicted octanol–water partition coefficient (Wildman–Crippen LogP) is 2.73. The number of nitro groups is 1. The van der Waals surface area contributed by atoms with Gasteiger partial charge in [0.15, 0.2) is 5.03 Å². The molecule has 0 radical (unpaired) electrons. The first-order valence-electron chi connectivity index (χ1n) is 6.15. The second kappa shape index (κ2) is 6.51. The van der Waals surface area contributed by atoms with E-state index in [0.717, 1.165) is 10.5 Å². The number of aryl methyl sites for hydroxylation is 1. The molecule has 8 heteroatoms. The summed E-state index contributed by atoms with van der Waals surface area (Å²) in [5.41, 5.74) is 3.82. The van der Waals surface area contributed by atoms with E-state index in [4.69, 9.17) is 0 Å². The van der Waals surface area contributed by atoms with Crippen molar-refractivity contribution in [2.75, 3.05) is 19.5 Å². The van der Waals surface area contributed by atoms with Crippen molar-refractivity contribution in [1.82, 2.24) is 15.0 Å². The van der Waals surface area contributed by atoms with E-state index in [1.807, 2.05) is 31.2 Å². The second-order valence-electron chi connectivity index (χ2n) is 4.55. The number of anilines is 1. The Hall–Kier alpha value is -2.19. The molecule has 1 N–H and O–H groups in total. The summed E-state index contributed by atoms with van der Waals surface area (Å²) in [6.07, 6.45) is 1.31. The van der Waals surface area contributed by atoms with Gasteiger partial charge in [-0.3, -0.25) is 15.5 Å². The molecule has 0 saturated carbocycles. The van der Waals surface area contributed by atoms with Crippen LogP contribution in [0.15, 0.2) is 40.5 Å². The number of hydrazine groups is 1. The van der Waals surface area contributed by atoms with Crippen molar-refractivity contribution in [2.45, 2.75) is 16.8 Å². The van der Waals surface area contributed by atoms with Crippen LogP contribution >= 0.6 is 11.8 Å². The molecule has 1 aromatic heterocycles. The molecular formula is C13H15N5O2S. The van der Waals surface area contributed by atoms with E-state index >= 15 is 0 Å². The van der Waals surface area contributed by atoms with E-state index in [1.54, 1.807) is 19.1 Å². The van der Waals surface area contributed by atoms with Crippen LogP contribution in [0.4, 0.5) is 11.5 Å². The van der Waals surface area contributed by atoms with Crippen molar-refractivity contribution in [3.63, 3.8) is 0 Å². The minimum absolute atomic E-state index is 0.128. The normalized spacial score (nSPS) is 10.7. The van der Waals surface area contributed by atoms with Gasteiger partial charge in [-0.05, 0) is 19.1 Å². The summed E-state index contributed by atoms with van der Waals surface area (Å²) in [6.45, 7) is 1.99. The van der Waals surface area contributed by atoms with Crippen LogP contribution in [0.25, 0.3) is 0 Å². The number of nitrogens with zero attached hydrogens (tertiary/aromatic N) is 4. The summed E-state index contributed by atoms with van der Waals surface area (Å²) in [6, 6.07) is 7.72. The van der Waals surface area contributed by atoms with Gasteiger partial charge in [0.05, 0.1) is 4.92 Å². The summed E-state index contributed by atoms with van der Waals surface area (Å²) >= 11 is 1.24. The van der Waals surface area contributed by atoms with Crippen LogP contribution in [0.5, 0.6) is 0 Å². The quantitative estimate of drug-likeness (QED) is 0.516. The van der Waals surface area contributed by atoms with Crippen molar-refractivity contribution < 1.29 is 4.92 Å². The lowest BCUT2D eigenvalue weighted by molar-refractivity contribution is -0.387. The fourth-order valence-electron chi connectivity index (χ4n) is 1.61. The maximum absolute atomic E-state index is 11.3. The topological polar surface area (TPSA) is 84.2 Å². The summed E-state index contributed by atoms with van der Waals surface area (Å²) in [4.78, 5) is 19.7. The average Bonchev–Trinajstić information content (AvgIpc) is 2.40. The number of hydrogen-bond donors (Lipinski definition) is 1. The molecule has 0 fully saturated rings. The van der Waals surface area contributed by atoms with Crippen LogP contribution in [0.1, 0.15) is 5.56 Å². The first-order valence-corrected chi connectivity index (χ1v) is 6.97. The van der Waals surface area contributed by atoms with Crippen LogP contribution in [0.2, 0.25) is 0 Å². The van der Waals surface area contributed by atoms with Gasteiger partial charge in [0.2, 0.25) is 5.82 Å². The summed E-state index contributed by atoms with van der Waals surface area (Å²) in [5.74, 6) is 0.176. The Morgan fingerprint density at radius 2 is 1.90 bits per heavy atom. The molecule has 2 rings (SSSR count). The Labute approximate surface area is 126 Å². The molecule has 0 aliphatic carbocycles. The fraction of sp³-hybridized carbons (Fsp3) is 0.231. The Bertz CT molecular complexity index is 646. The lowest BCUT2D eigenvalue weighted by Gasteiger charge is -2.13. The Balaban J connectivity index is 2.38. The van der Waals surface area contributed by atoms with Gasteiger partial charge in [0.25, 0.3) is 0 Å². The molecule has 0 amide bonds. The molecular weight excluding hydrogens is 290 g/mol. The number of nitrogens with one attached hydrogen (secondary N) is 1. The number of benzene rings is 1. The maximum Gasteiger partial charge on any atom is 0.344 e. The Kier molecular flexibility index (Phi) is 4.71. The SMILES string of the molecule is Cc1ccc(Sc2ncnc(NN(C)C)c2[N+](=O)[O-])cc1. The molecule has 0 saturated heterocycles. The molecule has 0 unspecified atom stereocenters. The highest BCUT2D eigenvalue weighted by Crippen LogP contribution is 2.36. The zero-order valence-corrected chi connectivity index (χ0v) is 12.7. The van der Waals surface area contributed by atoms with Gasteiger partial charge in [-0.25, -0.2) is 15.0 Å². The molecule has 21 heavy (non-hydrogen) atoms. The van der Waals surface area contributed by atoms with Crippen molar-refractivity contribution in [1.29, 1.82) is 0 Å². The van der Waals surface area contributed by atoms with Crippen molar-refractivity contribution in [3.8, 4) is 0 Å². The summed E-state index contributed by atoms with van der Waals surface area (Å²) in [5, 5.41) is 13.2. The lowest BCUT2D eigenvalue weighted by atomic mass is 10.2. The standard InChI is InChI=1S/C13H15N5O2S/c1-9-4-6-10(7-5-9)21-13-11(18(19)20)12(14-8-15-13)16-17(2)3/h4-8H,1-3H3,(H,14,15,16). The highest BCUT2D eigenvalue weighted by Gasteiger charge is 2.24. The van der Waals surface area contributed by atoms with Crippen LogP contribution < -0.4 is 5.43 Å². The lowest BCUT2D eigenvalue weighted by Crippen LogP contribution is -2.21. The van der Waals surface area contributed by atoms with Crippen molar-refractivity contribution in [2.24, 2.45) is 0 Å². The van der Waals surface area contributed by atoms with Gasteiger partial charge in [-0.15, -0.1) is 0 Å². The van der Waals surface area contributed by atoms with Gasteiger partial charge < -0.3 is 0 Å². The van der Waals surface area contributed by atoms with Crippen LogP contribution in [-0.2, 0) is 0 Å². The first kappa shape index (κ1) is 15.2. The van der Waals surface area contributed by atoms with Gasteiger partial charge in [0.1, 0.15) is 6.33 Å². The fourth-order valence-corrected chi connectivity index (χ4v) is 2.48. The highest BCUT2D eigenvalue weighted by molar-refractivity contribution is 7.99. The van der Waals surface area contributed by atoms with E-state index < -0.39 is 4.92 Å². The van der Waals surface area contributed by atoms with Crippen molar-refractivity contribution in [3.05, 3.63) is 46.3 Å². The molecule has 1 aromatic carbocycles. The zero-order chi connectivity index (χ0) is 15.4. The number of rotatable bonds is 5. The first-order chi connectivity index (χ1) is 9.97. The van der Waals surface area contributed by atoms with Crippen LogP contribution in [-0.4, -0.2) is 34.0 Å². The Morgan fingerprint density at radius 3 is 2.48 bits per heavy atom. The monoisotopic (exact) mass is 305 g/mol. The molecule has 0 aliphatic rings. The van der Waals surface area contributed by atoms with Crippen molar-refractivity contribution >= 4 is 23.3 Å². The molecule has 2 aromatic rings. The molecule has 7 nitrogen and oxygen atoms in total. The second-order valence-corrected chi connectivity index (χ2v) is 5.62. The van der Waals surface area contributed by atoms with E-state index in [9.17, 15) is 10.1 Å². The number of hydrogen-bond acceptors (Lipinski definition) is 7. The third kappa shape index (κ3) is 3.89. The van der Waals surface area contributed by atoms with Gasteiger partial charge in [-0.2, -0.15) is 0 Å². The smallest absolute Gasteiger partial charge is 0.298 e. The van der Waals surface area contributed by atoms with Gasteiger partial charge >= 0.3 is 5.69 Å². The molecule has 0 atom stereocenters. The third-order valence-corrected chi connectivity index (χ3v) is 3.54. The maximum atomic E-state index is 11.3. The molecule has 0 bridgehead atoms. The largest absolute Gasteiger partial charge is 0.344 e. The predicted molar refractivity (Wildman–Crippen MR) is 81.3 cm³/mol. The average molecular weight is 305 g/mol. The van der Waals surface area contributed by atoms with Crippen LogP contribution in [0, 0.1) is 17.0 Å². The van der Waals surface area contributed by atoms with Crippen LogP contribution in [0.3, 0.4) is 0 Å². The molecule has 110 valence electrons. The van der Waals surface area contributed by atoms with E-state index in [2.05, 4.69) is 15.4 Å². The molecule has 1 heterocycles. The molecule has 0 spiro atoms. The minimum Gasteiger partial charge on any atom is -0.298 e. The number of aromatic nitrogens is 2. The molecule has 0 aliphatic heterocycles. The minimum atomic E-state index is -0.470. The summed E-state index contributed by atoms with van der Waals surface area (Å²) in [7, 11) is 3.47. The summed E-state index contributed by atoms with van der Waals surface area (Å²) < 4.78 is 0. The highest BCUT2D eigenvalue weighted by atomic mass is 32.2. The third-order valence-electron chi connectivity index (χ3n) is 2.54. The van der Waals surface area contributed by atoms with E-state index in [0.29, 0.717) is 5.03 Å². The van der Waals surface area contributed by atoms with Gasteiger partial charge in [-0.1, -0.05) is 29.5 Å².